The van der Waals surface area contributed by atoms with E-state index in [9.17, 15) is 0 Å². The van der Waals surface area contributed by atoms with Gasteiger partial charge < -0.3 is 5.73 Å². The number of nitrogens with zero attached hydrogens (tertiary/aromatic N) is 2. The predicted octanol–water partition coefficient (Wildman–Crippen LogP) is 2.55. The Hall–Kier alpha value is -1.32. The summed E-state index contributed by atoms with van der Waals surface area (Å²) < 4.78 is 1.89. The van der Waals surface area contributed by atoms with Gasteiger partial charge in [-0.05, 0) is 19.0 Å². The zero-order chi connectivity index (χ0) is 11.4. The number of rotatable bonds is 4. The number of halogens is 1. The van der Waals surface area contributed by atoms with Crippen LogP contribution in [0, 0.1) is 0 Å². The standard InChI is InChI=1S/C12H14ClN3/c13-12-5-2-1-4-11(12)10-8-15-16(9-10)7-3-6-14/h1-2,4-5,8-9H,3,6-7,14H2. The van der Waals surface area contributed by atoms with Crippen LogP contribution in [-0.2, 0) is 6.54 Å². The second-order valence-corrected chi connectivity index (χ2v) is 4.02. The van der Waals surface area contributed by atoms with E-state index in [0.717, 1.165) is 29.1 Å². The summed E-state index contributed by atoms with van der Waals surface area (Å²) in [6, 6.07) is 7.77. The average Bonchev–Trinajstić information content (AvgIpc) is 2.75. The second-order valence-electron chi connectivity index (χ2n) is 3.61. The van der Waals surface area contributed by atoms with Gasteiger partial charge in [0.05, 0.1) is 6.20 Å². The van der Waals surface area contributed by atoms with E-state index in [4.69, 9.17) is 17.3 Å². The van der Waals surface area contributed by atoms with Crippen molar-refractivity contribution >= 4 is 11.6 Å². The van der Waals surface area contributed by atoms with Gasteiger partial charge in [-0.15, -0.1) is 0 Å². The second kappa shape index (κ2) is 5.14. The van der Waals surface area contributed by atoms with Crippen LogP contribution in [0.2, 0.25) is 5.02 Å². The maximum Gasteiger partial charge on any atom is 0.0568 e. The van der Waals surface area contributed by atoms with Gasteiger partial charge >= 0.3 is 0 Å². The van der Waals surface area contributed by atoms with Gasteiger partial charge in [-0.1, -0.05) is 29.8 Å². The van der Waals surface area contributed by atoms with Crippen molar-refractivity contribution in [2.75, 3.05) is 6.54 Å². The first-order valence-electron chi connectivity index (χ1n) is 5.28. The highest BCUT2D eigenvalue weighted by Gasteiger charge is 2.04. The van der Waals surface area contributed by atoms with Crippen molar-refractivity contribution in [3.63, 3.8) is 0 Å². The summed E-state index contributed by atoms with van der Waals surface area (Å²) in [5, 5.41) is 5.02. The minimum Gasteiger partial charge on any atom is -0.330 e. The van der Waals surface area contributed by atoms with Crippen LogP contribution in [-0.4, -0.2) is 16.3 Å². The monoisotopic (exact) mass is 235 g/mol. The smallest absolute Gasteiger partial charge is 0.0568 e. The van der Waals surface area contributed by atoms with Crippen LogP contribution >= 0.6 is 11.6 Å². The van der Waals surface area contributed by atoms with E-state index in [-0.39, 0.29) is 0 Å². The van der Waals surface area contributed by atoms with Gasteiger partial charge in [-0.3, -0.25) is 4.68 Å². The van der Waals surface area contributed by atoms with Crippen LogP contribution in [0.1, 0.15) is 6.42 Å². The SMILES string of the molecule is NCCCn1cc(-c2ccccc2Cl)cn1. The number of aromatic nitrogens is 2. The molecule has 0 amide bonds. The van der Waals surface area contributed by atoms with Crippen molar-refractivity contribution in [2.45, 2.75) is 13.0 Å². The third-order valence-electron chi connectivity index (χ3n) is 2.41. The summed E-state index contributed by atoms with van der Waals surface area (Å²) >= 11 is 6.12. The normalized spacial score (nSPS) is 10.6. The molecule has 0 aliphatic rings. The summed E-state index contributed by atoms with van der Waals surface area (Å²) in [6.07, 6.45) is 4.76. The minimum atomic E-state index is 0.682. The molecular weight excluding hydrogens is 222 g/mol. The molecule has 1 heterocycles. The summed E-state index contributed by atoms with van der Waals surface area (Å²) in [4.78, 5) is 0. The van der Waals surface area contributed by atoms with Crippen LogP contribution in [0.15, 0.2) is 36.7 Å². The molecule has 0 saturated carbocycles. The third kappa shape index (κ3) is 2.43. The first-order valence-corrected chi connectivity index (χ1v) is 5.66. The first kappa shape index (κ1) is 11.2. The van der Waals surface area contributed by atoms with Crippen molar-refractivity contribution in [1.82, 2.24) is 9.78 Å². The Morgan fingerprint density at radius 2 is 2.12 bits per heavy atom. The minimum absolute atomic E-state index is 0.682. The number of nitrogens with two attached hydrogens (primary N) is 1. The van der Waals surface area contributed by atoms with Gasteiger partial charge in [0.1, 0.15) is 0 Å². The number of hydrogen-bond acceptors (Lipinski definition) is 2. The lowest BCUT2D eigenvalue weighted by atomic mass is 10.1. The van der Waals surface area contributed by atoms with Crippen molar-refractivity contribution in [2.24, 2.45) is 5.73 Å². The van der Waals surface area contributed by atoms with Gasteiger partial charge in [0.2, 0.25) is 0 Å². The molecule has 2 rings (SSSR count). The van der Waals surface area contributed by atoms with E-state index in [1.807, 2.05) is 41.3 Å². The topological polar surface area (TPSA) is 43.8 Å². The molecule has 0 atom stereocenters. The molecule has 1 aromatic carbocycles. The third-order valence-corrected chi connectivity index (χ3v) is 2.74. The van der Waals surface area contributed by atoms with Crippen molar-refractivity contribution in [3.8, 4) is 11.1 Å². The fraction of sp³-hybridized carbons (Fsp3) is 0.250. The summed E-state index contributed by atoms with van der Waals surface area (Å²) in [7, 11) is 0. The molecule has 0 saturated heterocycles. The highest BCUT2D eigenvalue weighted by atomic mass is 35.5. The lowest BCUT2D eigenvalue weighted by Crippen LogP contribution is -2.05. The molecule has 0 aliphatic heterocycles. The van der Waals surface area contributed by atoms with Crippen LogP contribution in [0.3, 0.4) is 0 Å². The Morgan fingerprint density at radius 1 is 1.31 bits per heavy atom. The van der Waals surface area contributed by atoms with Crippen LogP contribution in [0.4, 0.5) is 0 Å². The van der Waals surface area contributed by atoms with Gasteiger partial charge in [-0.25, -0.2) is 0 Å². The molecule has 0 fully saturated rings. The van der Waals surface area contributed by atoms with Gasteiger partial charge in [0.25, 0.3) is 0 Å². The van der Waals surface area contributed by atoms with E-state index < -0.39 is 0 Å². The number of aryl methyl sites for hydroxylation is 1. The molecule has 0 aliphatic carbocycles. The molecule has 4 heteroatoms. The molecule has 2 aromatic rings. The van der Waals surface area contributed by atoms with E-state index in [1.54, 1.807) is 0 Å². The highest BCUT2D eigenvalue weighted by Crippen LogP contribution is 2.26. The van der Waals surface area contributed by atoms with E-state index in [0.29, 0.717) is 6.54 Å². The molecule has 3 nitrogen and oxygen atoms in total. The maximum absolute atomic E-state index is 6.12. The van der Waals surface area contributed by atoms with E-state index in [1.165, 1.54) is 0 Å². The average molecular weight is 236 g/mol. The van der Waals surface area contributed by atoms with Gasteiger partial charge in [0, 0.05) is 28.9 Å². The first-order chi connectivity index (χ1) is 7.81. The summed E-state index contributed by atoms with van der Waals surface area (Å²) in [5.41, 5.74) is 7.52. The van der Waals surface area contributed by atoms with Crippen molar-refractivity contribution < 1.29 is 0 Å². The predicted molar refractivity (Wildman–Crippen MR) is 66.3 cm³/mol. The van der Waals surface area contributed by atoms with E-state index >= 15 is 0 Å². The molecule has 0 unspecified atom stereocenters. The summed E-state index contributed by atoms with van der Waals surface area (Å²) in [6.45, 7) is 1.53. The highest BCUT2D eigenvalue weighted by molar-refractivity contribution is 6.33. The molecular formula is C12H14ClN3. The summed E-state index contributed by atoms with van der Waals surface area (Å²) in [5.74, 6) is 0. The lowest BCUT2D eigenvalue weighted by Gasteiger charge is -2.00. The maximum atomic E-state index is 6.12. The molecule has 16 heavy (non-hydrogen) atoms. The largest absolute Gasteiger partial charge is 0.330 e. The van der Waals surface area contributed by atoms with Crippen molar-refractivity contribution in [1.29, 1.82) is 0 Å². The Morgan fingerprint density at radius 3 is 2.88 bits per heavy atom. The zero-order valence-corrected chi connectivity index (χ0v) is 9.69. The van der Waals surface area contributed by atoms with Crippen molar-refractivity contribution in [3.05, 3.63) is 41.7 Å². The zero-order valence-electron chi connectivity index (χ0n) is 8.94. The Balaban J connectivity index is 2.22. The Kier molecular flexibility index (Phi) is 3.59. The molecule has 0 spiro atoms. The van der Waals surface area contributed by atoms with Crippen LogP contribution < -0.4 is 5.73 Å². The molecule has 2 N–H and O–H groups in total. The Labute approximate surface area is 99.8 Å². The van der Waals surface area contributed by atoms with Gasteiger partial charge in [0.15, 0.2) is 0 Å². The van der Waals surface area contributed by atoms with E-state index in [2.05, 4.69) is 5.10 Å². The molecule has 0 bridgehead atoms. The molecule has 0 radical (unpaired) electrons. The van der Waals surface area contributed by atoms with Crippen LogP contribution in [0.25, 0.3) is 11.1 Å². The fourth-order valence-electron chi connectivity index (χ4n) is 1.57. The quantitative estimate of drug-likeness (QED) is 0.885. The number of hydrogen-bond donors (Lipinski definition) is 1. The number of benzene rings is 1. The Bertz CT molecular complexity index is 465. The molecule has 1 aromatic heterocycles. The lowest BCUT2D eigenvalue weighted by molar-refractivity contribution is 0.585. The molecule has 84 valence electrons. The van der Waals surface area contributed by atoms with Crippen LogP contribution in [0.5, 0.6) is 0 Å². The fourth-order valence-corrected chi connectivity index (χ4v) is 1.82. The van der Waals surface area contributed by atoms with Gasteiger partial charge in [-0.2, -0.15) is 5.10 Å².